The van der Waals surface area contributed by atoms with Crippen molar-refractivity contribution in [3.63, 3.8) is 0 Å². The van der Waals surface area contributed by atoms with E-state index in [0.29, 0.717) is 5.69 Å². The molecule has 0 radical (unpaired) electrons. The van der Waals surface area contributed by atoms with E-state index in [1.807, 2.05) is 6.07 Å². The summed E-state index contributed by atoms with van der Waals surface area (Å²) in [5, 5.41) is 11.1. The lowest BCUT2D eigenvalue weighted by Gasteiger charge is -1.89. The number of aromatic nitrogens is 2. The molecule has 0 aliphatic carbocycles. The van der Waals surface area contributed by atoms with Gasteiger partial charge in [-0.2, -0.15) is 5.10 Å². The predicted molar refractivity (Wildman–Crippen MR) is 44.9 cm³/mol. The first-order valence-electron chi connectivity index (χ1n) is 3.38. The monoisotopic (exact) mass is 159 g/mol. The van der Waals surface area contributed by atoms with Crippen molar-refractivity contribution in [3.05, 3.63) is 34.8 Å². The van der Waals surface area contributed by atoms with Crippen molar-refractivity contribution in [1.29, 1.82) is 0 Å². The van der Waals surface area contributed by atoms with Crippen molar-refractivity contribution >= 4 is 16.6 Å². The fourth-order valence-electron chi connectivity index (χ4n) is 1.04. The molecule has 0 atom stereocenters. The topological polar surface area (TPSA) is 77.4 Å². The summed E-state index contributed by atoms with van der Waals surface area (Å²) in [6.07, 6.45) is 1.72. The molecule has 5 heteroatoms. The molecule has 12 heavy (non-hydrogen) atoms. The van der Waals surface area contributed by atoms with Gasteiger partial charge in [-0.1, -0.05) is 17.2 Å². The van der Waals surface area contributed by atoms with Gasteiger partial charge in [-0.25, -0.2) is 0 Å². The summed E-state index contributed by atoms with van der Waals surface area (Å²) in [5.74, 6) is 0. The van der Waals surface area contributed by atoms with Gasteiger partial charge in [0, 0.05) is 16.0 Å². The quantitative estimate of drug-likeness (QED) is 0.387. The SMILES string of the molecule is [N-]=[N+]=Nc1ccc2cn[nH]c2c1. The molecule has 1 aromatic heterocycles. The first-order valence-corrected chi connectivity index (χ1v) is 3.38. The number of benzene rings is 1. The van der Waals surface area contributed by atoms with Gasteiger partial charge in [0.2, 0.25) is 0 Å². The summed E-state index contributed by atoms with van der Waals surface area (Å²) in [6, 6.07) is 5.35. The summed E-state index contributed by atoms with van der Waals surface area (Å²) in [4.78, 5) is 2.69. The Balaban J connectivity index is 2.67. The summed E-state index contributed by atoms with van der Waals surface area (Å²) >= 11 is 0. The standard InChI is InChI=1S/C7H5N5/c8-12-10-6-2-1-5-4-9-11-7(5)3-6/h1-4H,(H,9,11). The first kappa shape index (κ1) is 6.69. The summed E-state index contributed by atoms with van der Waals surface area (Å²) in [5.41, 5.74) is 9.64. The van der Waals surface area contributed by atoms with Gasteiger partial charge in [0.05, 0.1) is 11.7 Å². The van der Waals surface area contributed by atoms with Crippen LogP contribution >= 0.6 is 0 Å². The van der Waals surface area contributed by atoms with Crippen molar-refractivity contribution in [2.45, 2.75) is 0 Å². The van der Waals surface area contributed by atoms with Crippen molar-refractivity contribution in [2.24, 2.45) is 5.11 Å². The Labute approximate surface area is 67.6 Å². The average molecular weight is 159 g/mol. The van der Waals surface area contributed by atoms with Crippen LogP contribution in [0.1, 0.15) is 0 Å². The largest absolute Gasteiger partial charge is 0.278 e. The minimum Gasteiger partial charge on any atom is -0.278 e. The van der Waals surface area contributed by atoms with Crippen LogP contribution in [0.15, 0.2) is 29.5 Å². The van der Waals surface area contributed by atoms with Crippen LogP contribution in [-0.4, -0.2) is 10.2 Å². The second kappa shape index (κ2) is 2.56. The Kier molecular flexibility index (Phi) is 1.43. The molecular formula is C7H5N5. The van der Waals surface area contributed by atoms with Crippen LogP contribution in [0.5, 0.6) is 0 Å². The lowest BCUT2D eigenvalue weighted by Crippen LogP contribution is -1.66. The second-order valence-electron chi connectivity index (χ2n) is 2.33. The fourth-order valence-corrected chi connectivity index (χ4v) is 1.04. The van der Waals surface area contributed by atoms with E-state index in [0.717, 1.165) is 10.9 Å². The molecule has 2 rings (SSSR count). The van der Waals surface area contributed by atoms with Crippen molar-refractivity contribution in [3.8, 4) is 0 Å². The van der Waals surface area contributed by atoms with Crippen LogP contribution in [0.2, 0.25) is 0 Å². The van der Waals surface area contributed by atoms with E-state index in [2.05, 4.69) is 20.2 Å². The smallest absolute Gasteiger partial charge is 0.0654 e. The third-order valence-corrected chi connectivity index (χ3v) is 1.59. The number of hydrogen-bond donors (Lipinski definition) is 1. The Morgan fingerprint density at radius 3 is 3.25 bits per heavy atom. The van der Waals surface area contributed by atoms with E-state index in [4.69, 9.17) is 5.53 Å². The third kappa shape index (κ3) is 0.980. The molecule has 0 aliphatic heterocycles. The number of aromatic amines is 1. The van der Waals surface area contributed by atoms with Crippen LogP contribution in [-0.2, 0) is 0 Å². The Hall–Kier alpha value is -2.00. The molecular weight excluding hydrogens is 154 g/mol. The molecule has 1 heterocycles. The number of nitrogens with one attached hydrogen (secondary N) is 1. The van der Waals surface area contributed by atoms with Crippen LogP contribution in [0.25, 0.3) is 21.3 Å². The number of hydrogen-bond acceptors (Lipinski definition) is 2. The van der Waals surface area contributed by atoms with E-state index in [-0.39, 0.29) is 0 Å². The highest BCUT2D eigenvalue weighted by Crippen LogP contribution is 2.18. The Bertz CT molecular complexity index is 452. The summed E-state index contributed by atoms with van der Waals surface area (Å²) in [7, 11) is 0. The van der Waals surface area contributed by atoms with Crippen molar-refractivity contribution in [2.75, 3.05) is 0 Å². The van der Waals surface area contributed by atoms with E-state index in [9.17, 15) is 0 Å². The lowest BCUT2D eigenvalue weighted by atomic mass is 10.2. The van der Waals surface area contributed by atoms with Gasteiger partial charge in [-0.05, 0) is 11.6 Å². The third-order valence-electron chi connectivity index (χ3n) is 1.59. The van der Waals surface area contributed by atoms with Gasteiger partial charge >= 0.3 is 0 Å². The molecule has 0 fully saturated rings. The summed E-state index contributed by atoms with van der Waals surface area (Å²) in [6.45, 7) is 0. The van der Waals surface area contributed by atoms with Crippen LogP contribution in [0.3, 0.4) is 0 Å². The highest BCUT2D eigenvalue weighted by Gasteiger charge is 1.94. The first-order chi connectivity index (χ1) is 5.90. The van der Waals surface area contributed by atoms with Crippen LogP contribution in [0.4, 0.5) is 5.69 Å². The highest BCUT2D eigenvalue weighted by molar-refractivity contribution is 5.80. The molecule has 0 unspecified atom stereocenters. The maximum absolute atomic E-state index is 8.17. The number of H-pyrrole nitrogens is 1. The van der Waals surface area contributed by atoms with Gasteiger partial charge in [-0.15, -0.1) is 0 Å². The minimum absolute atomic E-state index is 0.592. The maximum Gasteiger partial charge on any atom is 0.0654 e. The molecule has 0 spiro atoms. The minimum atomic E-state index is 0.592. The molecule has 0 amide bonds. The predicted octanol–water partition coefficient (Wildman–Crippen LogP) is 2.50. The zero-order valence-electron chi connectivity index (χ0n) is 6.10. The lowest BCUT2D eigenvalue weighted by molar-refractivity contribution is 1.12. The van der Waals surface area contributed by atoms with Crippen LogP contribution in [0, 0.1) is 0 Å². The van der Waals surface area contributed by atoms with E-state index in [1.54, 1.807) is 18.3 Å². The fraction of sp³-hybridized carbons (Fsp3) is 0. The zero-order valence-corrected chi connectivity index (χ0v) is 6.10. The molecule has 0 bridgehead atoms. The van der Waals surface area contributed by atoms with E-state index in [1.165, 1.54) is 0 Å². The van der Waals surface area contributed by atoms with Gasteiger partial charge < -0.3 is 0 Å². The molecule has 2 aromatic rings. The molecule has 0 saturated heterocycles. The van der Waals surface area contributed by atoms with Crippen LogP contribution < -0.4 is 0 Å². The normalized spacial score (nSPS) is 9.67. The van der Waals surface area contributed by atoms with Gasteiger partial charge in [-0.3, -0.25) is 5.10 Å². The highest BCUT2D eigenvalue weighted by atomic mass is 15.1. The molecule has 58 valence electrons. The molecule has 0 aliphatic rings. The number of rotatable bonds is 1. The Morgan fingerprint density at radius 2 is 2.42 bits per heavy atom. The molecule has 1 aromatic carbocycles. The Morgan fingerprint density at radius 1 is 1.50 bits per heavy atom. The molecule has 1 N–H and O–H groups in total. The molecule has 5 nitrogen and oxygen atoms in total. The van der Waals surface area contributed by atoms with Gasteiger partial charge in [0.15, 0.2) is 0 Å². The molecule has 0 saturated carbocycles. The van der Waals surface area contributed by atoms with Crippen molar-refractivity contribution < 1.29 is 0 Å². The van der Waals surface area contributed by atoms with Gasteiger partial charge in [0.25, 0.3) is 0 Å². The second-order valence-corrected chi connectivity index (χ2v) is 2.33. The van der Waals surface area contributed by atoms with Crippen molar-refractivity contribution in [1.82, 2.24) is 10.2 Å². The zero-order chi connectivity index (χ0) is 8.39. The number of fused-ring (bicyclic) bond motifs is 1. The summed E-state index contributed by atoms with van der Waals surface area (Å²) < 4.78 is 0. The van der Waals surface area contributed by atoms with E-state index >= 15 is 0 Å². The average Bonchev–Trinajstić information content (AvgIpc) is 2.51. The van der Waals surface area contributed by atoms with E-state index < -0.39 is 0 Å². The maximum atomic E-state index is 8.17. The number of nitrogens with zero attached hydrogens (tertiary/aromatic N) is 4. The van der Waals surface area contributed by atoms with Gasteiger partial charge in [0.1, 0.15) is 0 Å². The number of azide groups is 1.